The molecule has 160 valence electrons. The van der Waals surface area contributed by atoms with Crippen molar-refractivity contribution in [3.8, 4) is 0 Å². The first-order valence-electron chi connectivity index (χ1n) is 9.68. The van der Waals surface area contributed by atoms with E-state index in [1.165, 1.54) is 23.4 Å². The first kappa shape index (κ1) is 20.8. The van der Waals surface area contributed by atoms with Crippen LogP contribution in [0.15, 0.2) is 76.4 Å². The molecule has 0 radical (unpaired) electrons. The van der Waals surface area contributed by atoms with Crippen molar-refractivity contribution in [3.63, 3.8) is 0 Å². The van der Waals surface area contributed by atoms with E-state index in [4.69, 9.17) is 4.42 Å². The van der Waals surface area contributed by atoms with Crippen molar-refractivity contribution in [1.29, 1.82) is 0 Å². The standard InChI is InChI=1S/C22H20FN3O4S/c1-2-31(28,29)25-16-11-9-15(10-12-16)19-14-20(17-6-3-4-7-18(17)23)26(24-19)22(27)21-8-5-13-30-21/h3-13,20,25H,2,14H2,1H3/t20-/m1/s1. The van der Waals surface area contributed by atoms with Crippen LogP contribution in [0.4, 0.5) is 10.1 Å². The van der Waals surface area contributed by atoms with E-state index in [1.54, 1.807) is 55.5 Å². The number of halogens is 1. The molecule has 0 saturated heterocycles. The molecule has 0 unspecified atom stereocenters. The number of nitrogens with zero attached hydrogens (tertiary/aromatic N) is 2. The molecule has 31 heavy (non-hydrogen) atoms. The number of nitrogens with one attached hydrogen (secondary N) is 1. The fourth-order valence-electron chi connectivity index (χ4n) is 3.36. The normalized spacial score (nSPS) is 16.3. The van der Waals surface area contributed by atoms with E-state index >= 15 is 0 Å². The summed E-state index contributed by atoms with van der Waals surface area (Å²) in [6, 6.07) is 15.4. The molecule has 1 amide bonds. The van der Waals surface area contributed by atoms with Crippen LogP contribution in [-0.4, -0.2) is 30.8 Å². The summed E-state index contributed by atoms with van der Waals surface area (Å²) in [5, 5.41) is 5.71. The molecule has 9 heteroatoms. The number of hydrogen-bond acceptors (Lipinski definition) is 5. The summed E-state index contributed by atoms with van der Waals surface area (Å²) in [5.74, 6) is -0.822. The van der Waals surface area contributed by atoms with Gasteiger partial charge >= 0.3 is 5.91 Å². The molecule has 4 rings (SSSR count). The number of furan rings is 1. The van der Waals surface area contributed by atoms with Crippen molar-refractivity contribution in [2.45, 2.75) is 19.4 Å². The largest absolute Gasteiger partial charge is 0.459 e. The van der Waals surface area contributed by atoms with Crippen LogP contribution in [-0.2, 0) is 10.0 Å². The van der Waals surface area contributed by atoms with Crippen LogP contribution in [0.2, 0.25) is 0 Å². The maximum atomic E-state index is 14.5. The highest BCUT2D eigenvalue weighted by Gasteiger charge is 2.36. The average Bonchev–Trinajstić information content (AvgIpc) is 3.45. The van der Waals surface area contributed by atoms with E-state index in [0.717, 1.165) is 0 Å². The first-order chi connectivity index (χ1) is 14.9. The maximum Gasteiger partial charge on any atom is 0.310 e. The smallest absolute Gasteiger partial charge is 0.310 e. The topological polar surface area (TPSA) is 92.0 Å². The predicted molar refractivity (Wildman–Crippen MR) is 115 cm³/mol. The molecule has 0 bridgehead atoms. The van der Waals surface area contributed by atoms with E-state index in [-0.39, 0.29) is 11.5 Å². The van der Waals surface area contributed by atoms with Gasteiger partial charge in [0.1, 0.15) is 5.82 Å². The summed E-state index contributed by atoms with van der Waals surface area (Å²) in [6.07, 6.45) is 1.69. The Labute approximate surface area is 179 Å². The van der Waals surface area contributed by atoms with Crippen molar-refractivity contribution >= 4 is 27.3 Å². The van der Waals surface area contributed by atoms with Gasteiger partial charge in [-0.2, -0.15) is 5.10 Å². The van der Waals surface area contributed by atoms with Gasteiger partial charge in [-0.1, -0.05) is 30.3 Å². The zero-order valence-electron chi connectivity index (χ0n) is 16.7. The second-order valence-corrected chi connectivity index (χ2v) is 9.01. The summed E-state index contributed by atoms with van der Waals surface area (Å²) in [7, 11) is -3.38. The Bertz CT molecular complexity index is 1220. The molecule has 1 aliphatic rings. The number of sulfonamides is 1. The van der Waals surface area contributed by atoms with E-state index in [9.17, 15) is 17.6 Å². The molecule has 1 aliphatic heterocycles. The third kappa shape index (κ3) is 4.36. The maximum absolute atomic E-state index is 14.5. The molecule has 3 aromatic rings. The van der Waals surface area contributed by atoms with Crippen molar-refractivity contribution in [3.05, 3.63) is 89.6 Å². The van der Waals surface area contributed by atoms with Gasteiger partial charge in [0.05, 0.1) is 23.8 Å². The fourth-order valence-corrected chi connectivity index (χ4v) is 3.99. The van der Waals surface area contributed by atoms with Crippen molar-refractivity contribution in [2.24, 2.45) is 5.10 Å². The van der Waals surface area contributed by atoms with Gasteiger partial charge in [0.25, 0.3) is 0 Å². The highest BCUT2D eigenvalue weighted by molar-refractivity contribution is 7.92. The molecule has 1 N–H and O–H groups in total. The number of benzene rings is 2. The Hall–Kier alpha value is -3.46. The van der Waals surface area contributed by atoms with Crippen LogP contribution < -0.4 is 4.72 Å². The number of carbonyl (C=O) groups excluding carboxylic acids is 1. The quantitative estimate of drug-likeness (QED) is 0.621. The number of rotatable bonds is 6. The van der Waals surface area contributed by atoms with Crippen molar-refractivity contribution in [1.82, 2.24) is 5.01 Å². The molecular weight excluding hydrogens is 421 g/mol. The molecule has 0 aliphatic carbocycles. The predicted octanol–water partition coefficient (Wildman–Crippen LogP) is 4.17. The third-order valence-corrected chi connectivity index (χ3v) is 6.29. The number of anilines is 1. The number of hydrazone groups is 1. The number of carbonyl (C=O) groups is 1. The minimum absolute atomic E-state index is 0.0321. The van der Waals surface area contributed by atoms with E-state index in [1.807, 2.05) is 0 Å². The summed E-state index contributed by atoms with van der Waals surface area (Å²) < 4.78 is 45.7. The van der Waals surface area contributed by atoms with Crippen LogP contribution in [0, 0.1) is 5.82 Å². The molecule has 7 nitrogen and oxygen atoms in total. The molecule has 0 spiro atoms. The Kier molecular flexibility index (Phi) is 5.60. The highest BCUT2D eigenvalue weighted by atomic mass is 32.2. The molecule has 2 aromatic carbocycles. The van der Waals surface area contributed by atoms with Crippen LogP contribution >= 0.6 is 0 Å². The molecule has 2 heterocycles. The van der Waals surface area contributed by atoms with E-state index < -0.39 is 27.8 Å². The third-order valence-electron chi connectivity index (χ3n) is 4.99. The van der Waals surface area contributed by atoms with Crippen molar-refractivity contribution < 1.29 is 22.0 Å². The number of amides is 1. The first-order valence-corrected chi connectivity index (χ1v) is 11.3. The van der Waals surface area contributed by atoms with Crippen LogP contribution in [0.1, 0.15) is 41.1 Å². The highest BCUT2D eigenvalue weighted by Crippen LogP contribution is 2.35. The fraction of sp³-hybridized carbons (Fsp3) is 0.182. The Morgan fingerprint density at radius 1 is 1.16 bits per heavy atom. The lowest BCUT2D eigenvalue weighted by atomic mass is 9.98. The van der Waals surface area contributed by atoms with Crippen molar-refractivity contribution in [2.75, 3.05) is 10.5 Å². The summed E-state index contributed by atoms with van der Waals surface area (Å²) >= 11 is 0. The summed E-state index contributed by atoms with van der Waals surface area (Å²) in [4.78, 5) is 12.9. The van der Waals surface area contributed by atoms with Gasteiger partial charge in [-0.15, -0.1) is 0 Å². The van der Waals surface area contributed by atoms with E-state index in [2.05, 4.69) is 9.82 Å². The second kappa shape index (κ2) is 8.35. The van der Waals surface area contributed by atoms with Gasteiger partial charge in [0.2, 0.25) is 10.0 Å². The van der Waals surface area contributed by atoms with Gasteiger partial charge in [-0.05, 0) is 42.8 Å². The molecular formula is C22H20FN3O4S. The van der Waals surface area contributed by atoms with Crippen LogP contribution in [0.3, 0.4) is 0 Å². The molecule has 0 saturated carbocycles. The zero-order chi connectivity index (χ0) is 22.0. The minimum Gasteiger partial charge on any atom is -0.459 e. The SMILES string of the molecule is CCS(=O)(=O)Nc1ccc(C2=NN(C(=O)c3ccco3)[C@@H](c3ccccc3F)C2)cc1. The van der Waals surface area contributed by atoms with Gasteiger partial charge in [-0.25, -0.2) is 17.8 Å². The Morgan fingerprint density at radius 3 is 2.55 bits per heavy atom. The van der Waals surface area contributed by atoms with Gasteiger partial charge in [0.15, 0.2) is 5.76 Å². The summed E-state index contributed by atoms with van der Waals surface area (Å²) in [6.45, 7) is 1.55. The molecule has 1 atom stereocenters. The lowest BCUT2D eigenvalue weighted by Crippen LogP contribution is -2.27. The lowest BCUT2D eigenvalue weighted by molar-refractivity contribution is 0.0676. The second-order valence-electron chi connectivity index (χ2n) is 7.00. The lowest BCUT2D eigenvalue weighted by Gasteiger charge is -2.21. The van der Waals surface area contributed by atoms with Crippen LogP contribution in [0.5, 0.6) is 0 Å². The minimum atomic E-state index is -3.38. The van der Waals surface area contributed by atoms with Gasteiger partial charge in [-0.3, -0.25) is 9.52 Å². The molecule has 1 aromatic heterocycles. The average molecular weight is 441 g/mol. The van der Waals surface area contributed by atoms with Crippen LogP contribution in [0.25, 0.3) is 0 Å². The zero-order valence-corrected chi connectivity index (χ0v) is 17.5. The van der Waals surface area contributed by atoms with Gasteiger partial charge < -0.3 is 4.42 Å². The summed E-state index contributed by atoms with van der Waals surface area (Å²) in [5.41, 5.74) is 2.07. The number of hydrogen-bond donors (Lipinski definition) is 1. The van der Waals surface area contributed by atoms with Gasteiger partial charge in [0, 0.05) is 17.7 Å². The Morgan fingerprint density at radius 2 is 1.90 bits per heavy atom. The van der Waals surface area contributed by atoms with E-state index in [0.29, 0.717) is 28.9 Å². The molecule has 0 fully saturated rings. The monoisotopic (exact) mass is 441 g/mol. The Balaban J connectivity index is 1.66.